The zero-order valence-electron chi connectivity index (χ0n) is 17.6. The first-order chi connectivity index (χ1) is 14.4. The lowest BCUT2D eigenvalue weighted by molar-refractivity contribution is -0.147. The molecule has 0 fully saturated rings. The molecular formula is C21H24F5NO4S. The summed E-state index contributed by atoms with van der Waals surface area (Å²) in [5.74, 6) is -0.961. The van der Waals surface area contributed by atoms with E-state index in [-0.39, 0.29) is 24.3 Å². The number of hydrogen-bond acceptors (Lipinski definition) is 4. The summed E-state index contributed by atoms with van der Waals surface area (Å²) in [6, 6.07) is 9.54. The van der Waals surface area contributed by atoms with Crippen LogP contribution in [-0.2, 0) is 27.3 Å². The Kier molecular flexibility index (Phi) is 6.57. The maximum Gasteiger partial charge on any atom is 0.408 e. The first kappa shape index (κ1) is 25.4. The minimum Gasteiger partial charge on any atom is -0.459 e. The van der Waals surface area contributed by atoms with Gasteiger partial charge in [0.1, 0.15) is 23.1 Å². The number of nitrogens with one attached hydrogen (secondary N) is 1. The molecule has 2 aromatic rings. The molecule has 1 atom stereocenters. The van der Waals surface area contributed by atoms with Crippen molar-refractivity contribution in [3.05, 3.63) is 65.7 Å². The largest absolute Gasteiger partial charge is 0.459 e. The van der Waals surface area contributed by atoms with Gasteiger partial charge in [-0.2, -0.15) is 0 Å². The molecule has 0 aliphatic rings. The van der Waals surface area contributed by atoms with Crippen molar-refractivity contribution in [2.45, 2.75) is 50.3 Å². The van der Waals surface area contributed by atoms with Crippen molar-refractivity contribution in [2.75, 3.05) is 0 Å². The van der Waals surface area contributed by atoms with Gasteiger partial charge in [0.25, 0.3) is 0 Å². The van der Waals surface area contributed by atoms with Crippen LogP contribution in [0, 0.1) is 0 Å². The molecule has 0 saturated heterocycles. The number of carbonyl (C=O) groups excluding carboxylic acids is 2. The van der Waals surface area contributed by atoms with Crippen molar-refractivity contribution in [3.8, 4) is 0 Å². The third-order valence-electron chi connectivity index (χ3n) is 3.98. The van der Waals surface area contributed by atoms with Crippen LogP contribution in [0.15, 0.2) is 59.5 Å². The van der Waals surface area contributed by atoms with Crippen molar-refractivity contribution in [2.24, 2.45) is 0 Å². The third-order valence-corrected chi connectivity index (χ3v) is 5.13. The second-order valence-corrected chi connectivity index (χ2v) is 10.5. The molecule has 178 valence electrons. The van der Waals surface area contributed by atoms with Gasteiger partial charge in [0.2, 0.25) is 0 Å². The standard InChI is InChI=1S/C21H24F5NO4S/c1-21(2,3)31-20(29)27-18(19(28)30-14-15-8-5-4-6-9-15)13-16-10-7-11-17(12-16)32(22,23,24,25)26/h4-12,18H,13-14H2,1-3H3,(H,27,29)/t18-/m1/s1. The van der Waals surface area contributed by atoms with Gasteiger partial charge >= 0.3 is 22.3 Å². The molecule has 0 saturated carbocycles. The van der Waals surface area contributed by atoms with E-state index in [9.17, 15) is 29.0 Å². The Morgan fingerprint density at radius 2 is 1.53 bits per heavy atom. The van der Waals surface area contributed by atoms with Gasteiger partial charge in [-0.1, -0.05) is 61.9 Å². The first-order valence-corrected chi connectivity index (χ1v) is 11.4. The second kappa shape index (κ2) is 8.27. The molecule has 1 N–H and O–H groups in total. The van der Waals surface area contributed by atoms with E-state index in [0.717, 1.165) is 12.1 Å². The molecule has 0 radical (unpaired) electrons. The molecule has 0 aliphatic carbocycles. The van der Waals surface area contributed by atoms with Gasteiger partial charge in [0.15, 0.2) is 0 Å². The lowest BCUT2D eigenvalue weighted by Crippen LogP contribution is -2.45. The van der Waals surface area contributed by atoms with Crippen LogP contribution in [0.5, 0.6) is 0 Å². The van der Waals surface area contributed by atoms with Gasteiger partial charge in [-0.05, 0) is 44.0 Å². The minimum atomic E-state index is -9.91. The lowest BCUT2D eigenvalue weighted by Gasteiger charge is -2.40. The van der Waals surface area contributed by atoms with Crippen molar-refractivity contribution in [1.82, 2.24) is 5.32 Å². The van der Waals surface area contributed by atoms with Gasteiger partial charge in [-0.15, -0.1) is 0 Å². The number of benzene rings is 2. The summed E-state index contributed by atoms with van der Waals surface area (Å²) in [4.78, 5) is 22.6. The van der Waals surface area contributed by atoms with Gasteiger partial charge in [-0.25, -0.2) is 9.59 Å². The first-order valence-electron chi connectivity index (χ1n) is 9.46. The average Bonchev–Trinajstić information content (AvgIpc) is 2.63. The lowest BCUT2D eigenvalue weighted by atomic mass is 10.1. The smallest absolute Gasteiger partial charge is 0.408 e. The second-order valence-electron chi connectivity index (χ2n) is 8.11. The molecule has 11 heteroatoms. The third kappa shape index (κ3) is 8.37. The SMILES string of the molecule is CC(C)(C)OC(=O)N[C@H](Cc1cccc(S(F)(F)(F)(F)F)c1)C(=O)OCc1ccccc1. The van der Waals surface area contributed by atoms with Crippen LogP contribution in [0.4, 0.5) is 24.2 Å². The fourth-order valence-corrected chi connectivity index (χ4v) is 3.33. The van der Waals surface area contributed by atoms with Gasteiger partial charge in [0, 0.05) is 6.42 Å². The molecule has 0 heterocycles. The topological polar surface area (TPSA) is 64.6 Å². The number of rotatable bonds is 7. The Morgan fingerprint density at radius 1 is 0.938 bits per heavy atom. The van der Waals surface area contributed by atoms with Crippen LogP contribution in [-0.4, -0.2) is 23.7 Å². The van der Waals surface area contributed by atoms with Crippen LogP contribution < -0.4 is 5.32 Å². The summed E-state index contributed by atoms with van der Waals surface area (Å²) < 4.78 is 76.0. The molecule has 32 heavy (non-hydrogen) atoms. The summed E-state index contributed by atoms with van der Waals surface area (Å²) in [6.07, 6.45) is -1.53. The highest BCUT2D eigenvalue weighted by molar-refractivity contribution is 8.45. The monoisotopic (exact) mass is 481 g/mol. The Bertz CT molecular complexity index is 976. The number of hydrogen-bond donors (Lipinski definition) is 1. The number of esters is 1. The van der Waals surface area contributed by atoms with E-state index in [1.807, 2.05) is 0 Å². The van der Waals surface area contributed by atoms with Crippen LogP contribution in [0.25, 0.3) is 0 Å². The maximum atomic E-state index is 13.1. The Labute approximate surface area is 182 Å². The van der Waals surface area contributed by atoms with Crippen LogP contribution in [0.2, 0.25) is 0 Å². The summed E-state index contributed by atoms with van der Waals surface area (Å²) in [6.45, 7) is 4.58. The highest BCUT2D eigenvalue weighted by Crippen LogP contribution is 3.02. The van der Waals surface area contributed by atoms with Crippen molar-refractivity contribution >= 4 is 22.3 Å². The zero-order chi connectivity index (χ0) is 24.3. The molecule has 0 bridgehead atoms. The molecule has 2 aromatic carbocycles. The van der Waals surface area contributed by atoms with Crippen molar-refractivity contribution < 1.29 is 38.5 Å². The highest BCUT2D eigenvalue weighted by atomic mass is 32.5. The van der Waals surface area contributed by atoms with Gasteiger partial charge in [-0.3, -0.25) is 0 Å². The quantitative estimate of drug-likeness (QED) is 0.361. The summed E-state index contributed by atoms with van der Waals surface area (Å²) in [7, 11) is -9.91. The minimum absolute atomic E-state index is 0.155. The number of halogens is 5. The van der Waals surface area contributed by atoms with Crippen LogP contribution in [0.3, 0.4) is 0 Å². The van der Waals surface area contributed by atoms with Crippen molar-refractivity contribution in [3.63, 3.8) is 0 Å². The van der Waals surface area contributed by atoms with E-state index >= 15 is 0 Å². The van der Waals surface area contributed by atoms with E-state index in [1.54, 1.807) is 51.1 Å². The molecule has 0 aliphatic heterocycles. The number of alkyl carbamates (subject to hydrolysis) is 1. The predicted octanol–water partition coefficient (Wildman–Crippen LogP) is 6.52. The highest BCUT2D eigenvalue weighted by Gasteiger charge is 2.65. The molecular weight excluding hydrogens is 457 g/mol. The number of amides is 1. The molecule has 0 aromatic heterocycles. The predicted molar refractivity (Wildman–Crippen MR) is 111 cm³/mol. The van der Waals surface area contributed by atoms with Gasteiger partial charge in [0.05, 0.1) is 0 Å². The molecule has 5 nitrogen and oxygen atoms in total. The normalized spacial score (nSPS) is 15.1. The Balaban J connectivity index is 2.24. The Hall–Kier alpha value is -2.82. The zero-order valence-corrected chi connectivity index (χ0v) is 18.4. The number of carbonyl (C=O) groups is 2. The molecule has 0 spiro atoms. The fourth-order valence-electron chi connectivity index (χ4n) is 2.62. The van der Waals surface area contributed by atoms with Crippen LogP contribution >= 0.6 is 10.2 Å². The fraction of sp³-hybridized carbons (Fsp3) is 0.333. The molecule has 2 rings (SSSR count). The average molecular weight is 481 g/mol. The van der Waals surface area contributed by atoms with Crippen molar-refractivity contribution in [1.29, 1.82) is 0 Å². The van der Waals surface area contributed by atoms with Crippen LogP contribution in [0.1, 0.15) is 31.9 Å². The molecule has 1 amide bonds. The van der Waals surface area contributed by atoms with E-state index < -0.39 is 45.2 Å². The maximum absolute atomic E-state index is 13.1. The van der Waals surface area contributed by atoms with E-state index in [2.05, 4.69) is 5.32 Å². The van der Waals surface area contributed by atoms with E-state index in [4.69, 9.17) is 9.47 Å². The summed E-state index contributed by atoms with van der Waals surface area (Å²) in [5, 5.41) is 2.24. The summed E-state index contributed by atoms with van der Waals surface area (Å²) >= 11 is 0. The molecule has 0 unspecified atom stereocenters. The van der Waals surface area contributed by atoms with Gasteiger partial charge < -0.3 is 14.8 Å². The van der Waals surface area contributed by atoms with E-state index in [1.165, 1.54) is 0 Å². The number of ether oxygens (including phenoxy) is 2. The summed E-state index contributed by atoms with van der Waals surface area (Å²) in [5.41, 5.74) is -0.515. The van der Waals surface area contributed by atoms with E-state index in [0.29, 0.717) is 5.56 Å². The Morgan fingerprint density at radius 3 is 2.09 bits per heavy atom.